The molecule has 1 fully saturated rings. The van der Waals surface area contributed by atoms with Crippen molar-refractivity contribution in [3.05, 3.63) is 23.2 Å². The molecule has 1 aromatic carbocycles. The van der Waals surface area contributed by atoms with E-state index in [0.717, 1.165) is 6.42 Å². The van der Waals surface area contributed by atoms with Gasteiger partial charge in [0.25, 0.3) is 0 Å². The van der Waals surface area contributed by atoms with Crippen LogP contribution in [0.15, 0.2) is 18.2 Å². The largest absolute Gasteiger partial charge is 0.493 e. The Bertz CT molecular complexity index is 543. The van der Waals surface area contributed by atoms with Gasteiger partial charge in [-0.15, -0.1) is 0 Å². The molecule has 5 nitrogen and oxygen atoms in total. The number of ether oxygens (including phenoxy) is 2. The highest BCUT2D eigenvalue weighted by Crippen LogP contribution is 2.26. The topological polar surface area (TPSA) is 64.8 Å². The van der Waals surface area contributed by atoms with Crippen LogP contribution in [0.25, 0.3) is 0 Å². The molecule has 0 radical (unpaired) electrons. The second kappa shape index (κ2) is 6.65. The minimum atomic E-state index is -0.466. The predicted octanol–water partition coefficient (Wildman–Crippen LogP) is 3.56. The molecule has 0 aliphatic carbocycles. The summed E-state index contributed by atoms with van der Waals surface area (Å²) in [6.07, 6.45) is 0.646. The first-order valence-corrected chi connectivity index (χ1v) is 7.78. The zero-order valence-corrected chi connectivity index (χ0v) is 14.0. The van der Waals surface area contributed by atoms with Gasteiger partial charge in [0.15, 0.2) is 0 Å². The van der Waals surface area contributed by atoms with Crippen LogP contribution in [0.3, 0.4) is 0 Å². The van der Waals surface area contributed by atoms with Crippen molar-refractivity contribution >= 4 is 23.4 Å². The monoisotopic (exact) mass is 326 g/mol. The maximum absolute atomic E-state index is 12.0. The van der Waals surface area contributed by atoms with Gasteiger partial charge in [0.1, 0.15) is 11.4 Å². The fourth-order valence-corrected chi connectivity index (χ4v) is 2.44. The number of hydrogen-bond donors (Lipinski definition) is 1. The molecule has 0 bridgehead atoms. The summed E-state index contributed by atoms with van der Waals surface area (Å²) in [6, 6.07) is 5.22. The lowest BCUT2D eigenvalue weighted by Gasteiger charge is -2.24. The number of anilines is 1. The van der Waals surface area contributed by atoms with Gasteiger partial charge in [-0.2, -0.15) is 0 Å². The lowest BCUT2D eigenvalue weighted by atomic mass is 10.1. The van der Waals surface area contributed by atoms with Crippen LogP contribution in [-0.2, 0) is 4.74 Å². The molecule has 2 rings (SSSR count). The molecule has 0 aromatic heterocycles. The van der Waals surface area contributed by atoms with E-state index in [1.807, 2.05) is 20.8 Å². The van der Waals surface area contributed by atoms with E-state index in [2.05, 4.69) is 0 Å². The Morgan fingerprint density at radius 3 is 2.82 bits per heavy atom. The summed E-state index contributed by atoms with van der Waals surface area (Å²) in [4.78, 5) is 13.7. The summed E-state index contributed by atoms with van der Waals surface area (Å²) in [5.41, 5.74) is 5.73. The van der Waals surface area contributed by atoms with Crippen molar-refractivity contribution in [2.45, 2.75) is 32.8 Å². The van der Waals surface area contributed by atoms with Crippen molar-refractivity contribution in [2.24, 2.45) is 5.92 Å². The number of likely N-dealkylation sites (tertiary alicyclic amines) is 1. The molecule has 22 heavy (non-hydrogen) atoms. The van der Waals surface area contributed by atoms with E-state index in [1.54, 1.807) is 23.1 Å². The number of carbonyl (C=O) groups excluding carboxylic acids is 1. The highest BCUT2D eigenvalue weighted by molar-refractivity contribution is 6.33. The molecule has 0 spiro atoms. The number of halogens is 1. The summed E-state index contributed by atoms with van der Waals surface area (Å²) in [5, 5.41) is 0.485. The molecule has 1 atom stereocenters. The zero-order chi connectivity index (χ0) is 16.3. The number of rotatable bonds is 3. The normalized spacial score (nSPS) is 18.4. The van der Waals surface area contributed by atoms with Crippen molar-refractivity contribution in [1.82, 2.24) is 4.90 Å². The van der Waals surface area contributed by atoms with Crippen molar-refractivity contribution in [3.63, 3.8) is 0 Å². The van der Waals surface area contributed by atoms with Crippen molar-refractivity contribution in [1.29, 1.82) is 0 Å². The Morgan fingerprint density at radius 1 is 1.45 bits per heavy atom. The number of amides is 1. The molecule has 6 heteroatoms. The van der Waals surface area contributed by atoms with E-state index in [-0.39, 0.29) is 6.09 Å². The Morgan fingerprint density at radius 2 is 2.18 bits per heavy atom. The van der Waals surface area contributed by atoms with Gasteiger partial charge in [0, 0.05) is 25.1 Å². The summed E-state index contributed by atoms with van der Waals surface area (Å²) < 4.78 is 11.1. The fourth-order valence-electron chi connectivity index (χ4n) is 2.27. The number of nitrogens with zero attached hydrogens (tertiary/aromatic N) is 1. The van der Waals surface area contributed by atoms with Gasteiger partial charge in [0.2, 0.25) is 0 Å². The summed E-state index contributed by atoms with van der Waals surface area (Å²) in [5.74, 6) is 0.985. The van der Waals surface area contributed by atoms with E-state index < -0.39 is 5.60 Å². The minimum absolute atomic E-state index is 0.259. The number of nitrogens with two attached hydrogens (primary N) is 1. The van der Waals surface area contributed by atoms with Crippen LogP contribution in [0.2, 0.25) is 5.02 Å². The molecule has 2 N–H and O–H groups in total. The molecular weight excluding hydrogens is 304 g/mol. The molecule has 1 aromatic rings. The molecule has 1 aliphatic heterocycles. The van der Waals surface area contributed by atoms with Gasteiger partial charge in [-0.05, 0) is 39.3 Å². The van der Waals surface area contributed by atoms with Crippen LogP contribution in [0.1, 0.15) is 27.2 Å². The van der Waals surface area contributed by atoms with Gasteiger partial charge < -0.3 is 20.1 Å². The van der Waals surface area contributed by atoms with Crippen LogP contribution in [-0.4, -0.2) is 36.3 Å². The smallest absolute Gasteiger partial charge is 0.410 e. The van der Waals surface area contributed by atoms with E-state index in [1.165, 1.54) is 0 Å². The maximum Gasteiger partial charge on any atom is 0.410 e. The van der Waals surface area contributed by atoms with Crippen molar-refractivity contribution in [3.8, 4) is 5.75 Å². The SMILES string of the molecule is CC(C)(C)OC(=O)N1CCC(COc2ccc(N)c(Cl)c2)C1. The quantitative estimate of drug-likeness (QED) is 0.863. The molecule has 0 saturated carbocycles. The number of nitrogen functional groups attached to an aromatic ring is 1. The average molecular weight is 327 g/mol. The lowest BCUT2D eigenvalue weighted by molar-refractivity contribution is 0.0285. The highest BCUT2D eigenvalue weighted by atomic mass is 35.5. The van der Waals surface area contributed by atoms with Crippen LogP contribution in [0.5, 0.6) is 5.75 Å². The van der Waals surface area contributed by atoms with E-state index in [4.69, 9.17) is 26.8 Å². The van der Waals surface area contributed by atoms with Gasteiger partial charge in [0.05, 0.1) is 17.3 Å². The lowest BCUT2D eigenvalue weighted by Crippen LogP contribution is -2.35. The predicted molar refractivity (Wildman–Crippen MR) is 87.3 cm³/mol. The van der Waals surface area contributed by atoms with Gasteiger partial charge in [-0.1, -0.05) is 11.6 Å². The Balaban J connectivity index is 1.81. The first-order valence-electron chi connectivity index (χ1n) is 7.40. The van der Waals surface area contributed by atoms with Gasteiger partial charge >= 0.3 is 6.09 Å². The van der Waals surface area contributed by atoms with E-state index in [9.17, 15) is 4.79 Å². The Hall–Kier alpha value is -1.62. The van der Waals surface area contributed by atoms with E-state index in [0.29, 0.717) is 42.1 Å². The standard InChI is InChI=1S/C16H23ClN2O3/c1-16(2,3)22-15(20)19-7-6-11(9-19)10-21-12-4-5-14(18)13(17)8-12/h4-5,8,11H,6-7,9-10,18H2,1-3H3. The van der Waals surface area contributed by atoms with Crippen LogP contribution in [0.4, 0.5) is 10.5 Å². The number of hydrogen-bond acceptors (Lipinski definition) is 4. The van der Waals surface area contributed by atoms with Crippen LogP contribution in [0, 0.1) is 5.92 Å². The molecule has 1 aliphatic rings. The maximum atomic E-state index is 12.0. The van der Waals surface area contributed by atoms with Crippen molar-refractivity contribution in [2.75, 3.05) is 25.4 Å². The third-order valence-corrected chi connectivity index (χ3v) is 3.72. The van der Waals surface area contributed by atoms with E-state index >= 15 is 0 Å². The van der Waals surface area contributed by atoms with Gasteiger partial charge in [-0.25, -0.2) is 4.79 Å². The molecule has 122 valence electrons. The second-order valence-electron chi connectivity index (χ2n) is 6.58. The Labute approximate surface area is 136 Å². The zero-order valence-electron chi connectivity index (χ0n) is 13.3. The summed E-state index contributed by atoms with van der Waals surface area (Å²) in [7, 11) is 0. The molecule has 1 heterocycles. The highest BCUT2D eigenvalue weighted by Gasteiger charge is 2.30. The molecule has 1 amide bonds. The molecule has 1 unspecified atom stereocenters. The first kappa shape index (κ1) is 16.7. The van der Waals surface area contributed by atoms with Crippen LogP contribution < -0.4 is 10.5 Å². The number of carbonyl (C=O) groups is 1. The fraction of sp³-hybridized carbons (Fsp3) is 0.562. The third-order valence-electron chi connectivity index (χ3n) is 3.40. The molecule has 1 saturated heterocycles. The average Bonchev–Trinajstić information content (AvgIpc) is 2.87. The number of benzene rings is 1. The van der Waals surface area contributed by atoms with Gasteiger partial charge in [-0.3, -0.25) is 0 Å². The minimum Gasteiger partial charge on any atom is -0.493 e. The third kappa shape index (κ3) is 4.70. The van der Waals surface area contributed by atoms with Crippen LogP contribution >= 0.6 is 11.6 Å². The van der Waals surface area contributed by atoms with Crippen molar-refractivity contribution < 1.29 is 14.3 Å². The summed E-state index contributed by atoms with van der Waals surface area (Å²) in [6.45, 7) is 7.49. The Kier molecular flexibility index (Phi) is 5.06. The second-order valence-corrected chi connectivity index (χ2v) is 6.98. The summed E-state index contributed by atoms with van der Waals surface area (Å²) >= 11 is 5.96. The first-order chi connectivity index (χ1) is 10.2. The molecular formula is C16H23ClN2O3.